The van der Waals surface area contributed by atoms with Crippen LogP contribution < -0.4 is 5.32 Å². The Kier molecular flexibility index (Phi) is 6.54. The molecule has 0 saturated heterocycles. The Balaban J connectivity index is 1.83. The lowest BCUT2D eigenvalue weighted by Crippen LogP contribution is -2.16. The minimum absolute atomic E-state index is 0.117. The van der Waals surface area contributed by atoms with Crippen molar-refractivity contribution in [3.05, 3.63) is 51.4 Å². The van der Waals surface area contributed by atoms with Crippen LogP contribution in [0.1, 0.15) is 54.4 Å². The molecule has 0 aromatic carbocycles. The van der Waals surface area contributed by atoms with Crippen LogP contribution in [0.15, 0.2) is 18.3 Å². The summed E-state index contributed by atoms with van der Waals surface area (Å²) >= 11 is 0.959. The molecule has 3 heterocycles. The summed E-state index contributed by atoms with van der Waals surface area (Å²) in [6.07, 6.45) is 1.66. The highest BCUT2D eigenvalue weighted by Gasteiger charge is 2.27. The summed E-state index contributed by atoms with van der Waals surface area (Å²) in [6.45, 7) is 7.67. The lowest BCUT2D eigenvalue weighted by atomic mass is 10.1. The van der Waals surface area contributed by atoms with E-state index in [4.69, 9.17) is 9.47 Å². The second-order valence-corrected chi connectivity index (χ2v) is 7.76. The SMILES string of the molecule is CCOC(=O)c1sc(NC(=O)c2ccn(Cn3nc(C)cc3C)n2)c(C(=O)OC)c1C. The highest BCUT2D eigenvalue weighted by atomic mass is 32.1. The topological polar surface area (TPSA) is 117 Å². The average molecular weight is 446 g/mol. The highest BCUT2D eigenvalue weighted by Crippen LogP contribution is 2.34. The summed E-state index contributed by atoms with van der Waals surface area (Å²) in [5.74, 6) is -1.74. The number of carbonyl (C=O) groups is 3. The fourth-order valence-corrected chi connectivity index (χ4v) is 4.11. The fraction of sp³-hybridized carbons (Fsp3) is 0.350. The number of thiophene rings is 1. The number of aromatic nitrogens is 4. The Morgan fingerprint density at radius 2 is 1.90 bits per heavy atom. The van der Waals surface area contributed by atoms with Crippen molar-refractivity contribution in [2.24, 2.45) is 0 Å². The van der Waals surface area contributed by atoms with Crippen LogP contribution in [0.3, 0.4) is 0 Å². The summed E-state index contributed by atoms with van der Waals surface area (Å²) in [5, 5.41) is 11.5. The number of carbonyl (C=O) groups excluding carboxylic acids is 3. The zero-order valence-electron chi connectivity index (χ0n) is 17.9. The smallest absolute Gasteiger partial charge is 0.348 e. The van der Waals surface area contributed by atoms with Gasteiger partial charge in [-0.3, -0.25) is 9.48 Å². The molecular weight excluding hydrogens is 422 g/mol. The van der Waals surface area contributed by atoms with Crippen LogP contribution >= 0.6 is 11.3 Å². The van der Waals surface area contributed by atoms with Crippen molar-refractivity contribution in [1.29, 1.82) is 0 Å². The van der Waals surface area contributed by atoms with Gasteiger partial charge >= 0.3 is 11.9 Å². The van der Waals surface area contributed by atoms with Gasteiger partial charge in [-0.1, -0.05) is 0 Å². The Morgan fingerprint density at radius 1 is 1.16 bits per heavy atom. The van der Waals surface area contributed by atoms with Gasteiger partial charge in [0.1, 0.15) is 16.5 Å². The molecule has 3 aromatic heterocycles. The predicted octanol–water partition coefficient (Wildman–Crippen LogP) is 2.79. The number of amides is 1. The molecule has 164 valence electrons. The number of rotatable bonds is 7. The summed E-state index contributed by atoms with van der Waals surface area (Å²) < 4.78 is 13.2. The molecule has 10 nitrogen and oxygen atoms in total. The molecular formula is C20H23N5O5S. The van der Waals surface area contributed by atoms with Gasteiger partial charge in [-0.2, -0.15) is 10.2 Å². The van der Waals surface area contributed by atoms with E-state index < -0.39 is 17.8 Å². The monoisotopic (exact) mass is 445 g/mol. The van der Waals surface area contributed by atoms with E-state index in [-0.39, 0.29) is 27.7 Å². The Hall–Kier alpha value is -3.47. The number of methoxy groups -OCH3 is 1. The first-order valence-corrected chi connectivity index (χ1v) is 10.3. The van der Waals surface area contributed by atoms with Gasteiger partial charge in [0.15, 0.2) is 5.69 Å². The first-order chi connectivity index (χ1) is 14.7. The molecule has 1 N–H and O–H groups in total. The van der Waals surface area contributed by atoms with Gasteiger partial charge in [-0.05, 0) is 45.4 Å². The second kappa shape index (κ2) is 9.13. The lowest BCUT2D eigenvalue weighted by molar-refractivity contribution is 0.0531. The van der Waals surface area contributed by atoms with Crippen molar-refractivity contribution in [2.75, 3.05) is 19.0 Å². The molecule has 0 spiro atoms. The minimum atomic E-state index is -0.658. The fourth-order valence-electron chi connectivity index (χ4n) is 3.02. The number of nitrogens with zero attached hydrogens (tertiary/aromatic N) is 4. The van der Waals surface area contributed by atoms with Gasteiger partial charge in [0.25, 0.3) is 5.91 Å². The van der Waals surface area contributed by atoms with E-state index in [0.29, 0.717) is 12.2 Å². The highest BCUT2D eigenvalue weighted by molar-refractivity contribution is 7.18. The van der Waals surface area contributed by atoms with Gasteiger partial charge < -0.3 is 14.8 Å². The Morgan fingerprint density at radius 3 is 2.52 bits per heavy atom. The number of nitrogens with one attached hydrogen (secondary N) is 1. The summed E-state index contributed by atoms with van der Waals surface area (Å²) in [6, 6.07) is 3.51. The molecule has 0 aliphatic rings. The van der Waals surface area contributed by atoms with Crippen molar-refractivity contribution < 1.29 is 23.9 Å². The molecule has 11 heteroatoms. The third-order valence-electron chi connectivity index (χ3n) is 4.48. The minimum Gasteiger partial charge on any atom is -0.465 e. The first-order valence-electron chi connectivity index (χ1n) is 9.49. The van der Waals surface area contributed by atoms with Crippen LogP contribution in [0.5, 0.6) is 0 Å². The molecule has 0 aliphatic heterocycles. The van der Waals surface area contributed by atoms with E-state index in [1.165, 1.54) is 7.11 Å². The Bertz CT molecular complexity index is 1140. The van der Waals surface area contributed by atoms with E-state index in [0.717, 1.165) is 22.7 Å². The number of esters is 2. The van der Waals surface area contributed by atoms with Crippen LogP contribution in [0, 0.1) is 20.8 Å². The summed E-state index contributed by atoms with van der Waals surface area (Å²) in [7, 11) is 1.23. The quantitative estimate of drug-likeness (QED) is 0.556. The molecule has 0 fully saturated rings. The lowest BCUT2D eigenvalue weighted by Gasteiger charge is -2.05. The maximum Gasteiger partial charge on any atom is 0.348 e. The van der Waals surface area contributed by atoms with Crippen molar-refractivity contribution in [3.63, 3.8) is 0 Å². The van der Waals surface area contributed by atoms with Gasteiger partial charge in [-0.15, -0.1) is 11.3 Å². The molecule has 0 bridgehead atoms. The molecule has 3 aromatic rings. The normalized spacial score (nSPS) is 10.7. The molecule has 0 aliphatic carbocycles. The zero-order valence-corrected chi connectivity index (χ0v) is 18.7. The molecule has 0 radical (unpaired) electrons. The van der Waals surface area contributed by atoms with Gasteiger partial charge in [-0.25, -0.2) is 14.3 Å². The van der Waals surface area contributed by atoms with Crippen LogP contribution in [-0.2, 0) is 16.1 Å². The zero-order chi connectivity index (χ0) is 22.7. The molecule has 3 rings (SSSR count). The summed E-state index contributed by atoms with van der Waals surface area (Å²) in [5.41, 5.74) is 2.53. The van der Waals surface area contributed by atoms with Crippen LogP contribution in [0.4, 0.5) is 5.00 Å². The Labute approximate surface area is 182 Å². The van der Waals surface area contributed by atoms with Crippen LogP contribution in [-0.4, -0.2) is 51.1 Å². The number of anilines is 1. The van der Waals surface area contributed by atoms with E-state index in [9.17, 15) is 14.4 Å². The van der Waals surface area contributed by atoms with Crippen molar-refractivity contribution in [2.45, 2.75) is 34.4 Å². The summed E-state index contributed by atoms with van der Waals surface area (Å²) in [4.78, 5) is 37.5. The van der Waals surface area contributed by atoms with E-state index in [1.807, 2.05) is 19.9 Å². The second-order valence-electron chi connectivity index (χ2n) is 6.73. The molecule has 31 heavy (non-hydrogen) atoms. The van der Waals surface area contributed by atoms with Crippen LogP contribution in [0.2, 0.25) is 0 Å². The van der Waals surface area contributed by atoms with Crippen molar-refractivity contribution in [1.82, 2.24) is 19.6 Å². The van der Waals surface area contributed by atoms with E-state index in [2.05, 4.69) is 15.5 Å². The molecule has 0 saturated carbocycles. The van der Waals surface area contributed by atoms with Crippen molar-refractivity contribution >= 4 is 34.2 Å². The third kappa shape index (κ3) is 4.66. The molecule has 0 atom stereocenters. The van der Waals surface area contributed by atoms with Gasteiger partial charge in [0.05, 0.1) is 25.0 Å². The number of ether oxygens (including phenoxy) is 2. The van der Waals surface area contributed by atoms with E-state index in [1.54, 1.807) is 35.5 Å². The maximum absolute atomic E-state index is 12.8. The average Bonchev–Trinajstić information content (AvgIpc) is 3.40. The molecule has 0 unspecified atom stereocenters. The molecule has 1 amide bonds. The van der Waals surface area contributed by atoms with E-state index >= 15 is 0 Å². The van der Waals surface area contributed by atoms with Gasteiger partial charge in [0, 0.05) is 11.9 Å². The predicted molar refractivity (Wildman–Crippen MR) is 114 cm³/mol. The standard InChI is InChI=1S/C20H23N5O5S/c1-6-30-20(28)16-13(4)15(19(27)29-5)18(31-16)21-17(26)14-7-8-24(23-14)10-25-12(3)9-11(2)22-25/h7-9H,6,10H2,1-5H3,(H,21,26). The number of aryl methyl sites for hydroxylation is 2. The third-order valence-corrected chi connectivity index (χ3v) is 5.67. The number of hydrogen-bond acceptors (Lipinski definition) is 8. The maximum atomic E-state index is 12.8. The van der Waals surface area contributed by atoms with Crippen LogP contribution in [0.25, 0.3) is 0 Å². The largest absolute Gasteiger partial charge is 0.465 e. The van der Waals surface area contributed by atoms with Crippen molar-refractivity contribution in [3.8, 4) is 0 Å². The first kappa shape index (κ1) is 22.2. The number of hydrogen-bond donors (Lipinski definition) is 1. The van der Waals surface area contributed by atoms with Gasteiger partial charge in [0.2, 0.25) is 0 Å².